The van der Waals surface area contributed by atoms with Gasteiger partial charge in [0, 0.05) is 6.54 Å². The van der Waals surface area contributed by atoms with Crippen molar-refractivity contribution < 1.29 is 24.2 Å². The number of amides is 2. The fourth-order valence-electron chi connectivity index (χ4n) is 2.37. The fraction of sp³-hybridized carbons (Fsp3) is 0.750. The van der Waals surface area contributed by atoms with Crippen molar-refractivity contribution >= 4 is 18.0 Å². The highest BCUT2D eigenvalue weighted by molar-refractivity contribution is 5.88. The number of carboxylic acid groups (broad SMARTS) is 1. The normalized spacial score (nSPS) is 22.1. The number of esters is 1. The Morgan fingerprint density at radius 1 is 1.37 bits per heavy atom. The predicted molar refractivity (Wildman–Crippen MR) is 66.6 cm³/mol. The van der Waals surface area contributed by atoms with Crippen LogP contribution in [0.2, 0.25) is 0 Å². The number of carbonyl (C=O) groups is 3. The smallest absolute Gasteiger partial charge is 0.329 e. The average Bonchev–Trinajstić information content (AvgIpc) is 2.81. The van der Waals surface area contributed by atoms with E-state index in [2.05, 4.69) is 5.32 Å². The molecule has 0 saturated carbocycles. The summed E-state index contributed by atoms with van der Waals surface area (Å²) in [6.45, 7) is 3.79. The van der Waals surface area contributed by atoms with Gasteiger partial charge in [0.25, 0.3) is 0 Å². The molecule has 7 nitrogen and oxygen atoms in total. The summed E-state index contributed by atoms with van der Waals surface area (Å²) in [7, 11) is 0. The Balaban J connectivity index is 2.65. The van der Waals surface area contributed by atoms with E-state index in [0.717, 1.165) is 0 Å². The van der Waals surface area contributed by atoms with E-state index in [0.29, 0.717) is 25.8 Å². The number of nitrogens with zero attached hydrogens (tertiary/aromatic N) is 1. The molecular formula is C12H20N2O5. The molecule has 1 unspecified atom stereocenters. The maximum Gasteiger partial charge on any atom is 0.329 e. The topological polar surface area (TPSA) is 95.9 Å². The number of nitrogens with one attached hydrogen (secondary N) is 1. The molecule has 0 bridgehead atoms. The van der Waals surface area contributed by atoms with Crippen LogP contribution in [-0.2, 0) is 14.3 Å². The first kappa shape index (κ1) is 15.3. The molecule has 1 aliphatic heterocycles. The molecule has 0 aromatic carbocycles. The molecule has 0 aromatic rings. The van der Waals surface area contributed by atoms with Gasteiger partial charge in [0.1, 0.15) is 12.1 Å². The highest BCUT2D eigenvalue weighted by atomic mass is 16.5. The number of hydrogen-bond donors (Lipinski definition) is 2. The highest BCUT2D eigenvalue weighted by Crippen LogP contribution is 2.32. The van der Waals surface area contributed by atoms with Gasteiger partial charge in [0.15, 0.2) is 0 Å². The standard InChI is InChI=1S/C12H20N2O5/c1-3-12(10(16)17)6-5-7-14(12)11(18)13-8-9(15)19-4-2/h3-8H2,1-2H3,(H,13,18)(H,16,17). The predicted octanol–water partition coefficient (Wildman–Crippen LogP) is 0.588. The van der Waals surface area contributed by atoms with Gasteiger partial charge in [-0.2, -0.15) is 0 Å². The van der Waals surface area contributed by atoms with E-state index in [1.54, 1.807) is 13.8 Å². The molecule has 0 aliphatic carbocycles. The molecular weight excluding hydrogens is 252 g/mol. The zero-order valence-electron chi connectivity index (χ0n) is 11.3. The van der Waals surface area contributed by atoms with Crippen LogP contribution in [-0.4, -0.2) is 53.2 Å². The molecule has 1 rings (SSSR count). The zero-order valence-corrected chi connectivity index (χ0v) is 11.3. The molecule has 0 spiro atoms. The molecule has 1 atom stereocenters. The number of urea groups is 1. The molecule has 2 amide bonds. The lowest BCUT2D eigenvalue weighted by Gasteiger charge is -2.33. The second-order valence-electron chi connectivity index (χ2n) is 4.41. The van der Waals surface area contributed by atoms with E-state index < -0.39 is 23.5 Å². The van der Waals surface area contributed by atoms with Crippen LogP contribution in [0.4, 0.5) is 4.79 Å². The summed E-state index contributed by atoms with van der Waals surface area (Å²) < 4.78 is 4.69. The maximum absolute atomic E-state index is 12.0. The molecule has 1 heterocycles. The Morgan fingerprint density at radius 3 is 2.58 bits per heavy atom. The first-order chi connectivity index (χ1) is 8.97. The van der Waals surface area contributed by atoms with Crippen molar-refractivity contribution in [1.82, 2.24) is 10.2 Å². The molecule has 1 aliphatic rings. The second-order valence-corrected chi connectivity index (χ2v) is 4.41. The van der Waals surface area contributed by atoms with Crippen LogP contribution >= 0.6 is 0 Å². The Bertz CT molecular complexity index is 371. The summed E-state index contributed by atoms with van der Waals surface area (Å²) in [5.74, 6) is -1.54. The molecule has 7 heteroatoms. The van der Waals surface area contributed by atoms with Crippen molar-refractivity contribution in [3.63, 3.8) is 0 Å². The number of ether oxygens (including phenoxy) is 1. The Morgan fingerprint density at radius 2 is 2.05 bits per heavy atom. The third-order valence-electron chi connectivity index (χ3n) is 3.41. The lowest BCUT2D eigenvalue weighted by Crippen LogP contribution is -2.56. The van der Waals surface area contributed by atoms with Crippen LogP contribution in [0.1, 0.15) is 33.1 Å². The SMILES string of the molecule is CCOC(=O)CNC(=O)N1CCCC1(CC)C(=O)O. The van der Waals surface area contributed by atoms with Crippen LogP contribution in [0.5, 0.6) is 0 Å². The van der Waals surface area contributed by atoms with Gasteiger partial charge in [-0.15, -0.1) is 0 Å². The third-order valence-corrected chi connectivity index (χ3v) is 3.41. The van der Waals surface area contributed by atoms with Crippen LogP contribution < -0.4 is 5.32 Å². The third kappa shape index (κ3) is 3.15. The summed E-state index contributed by atoms with van der Waals surface area (Å²) in [6, 6.07) is -0.533. The molecule has 108 valence electrons. The number of rotatable bonds is 5. The van der Waals surface area contributed by atoms with Gasteiger partial charge in [0.2, 0.25) is 0 Å². The number of aliphatic carboxylic acids is 1. The lowest BCUT2D eigenvalue weighted by atomic mass is 9.93. The van der Waals surface area contributed by atoms with Gasteiger partial charge in [-0.1, -0.05) is 6.92 Å². The summed E-state index contributed by atoms with van der Waals surface area (Å²) >= 11 is 0. The Kier molecular flexibility index (Phi) is 5.14. The van der Waals surface area contributed by atoms with Crippen LogP contribution in [0.15, 0.2) is 0 Å². The fourth-order valence-corrected chi connectivity index (χ4v) is 2.37. The highest BCUT2D eigenvalue weighted by Gasteiger charge is 2.48. The van der Waals surface area contributed by atoms with Crippen LogP contribution in [0, 0.1) is 0 Å². The zero-order chi connectivity index (χ0) is 14.5. The van der Waals surface area contributed by atoms with Crippen molar-refractivity contribution in [3.8, 4) is 0 Å². The first-order valence-electron chi connectivity index (χ1n) is 6.42. The first-order valence-corrected chi connectivity index (χ1v) is 6.42. The van der Waals surface area contributed by atoms with E-state index >= 15 is 0 Å². The molecule has 0 radical (unpaired) electrons. The van der Waals surface area contributed by atoms with Crippen molar-refractivity contribution in [2.24, 2.45) is 0 Å². The molecule has 1 fully saturated rings. The largest absolute Gasteiger partial charge is 0.479 e. The number of carbonyl (C=O) groups excluding carboxylic acids is 2. The molecule has 1 saturated heterocycles. The van der Waals surface area contributed by atoms with E-state index in [1.807, 2.05) is 0 Å². The minimum atomic E-state index is -1.15. The van der Waals surface area contributed by atoms with E-state index in [-0.39, 0.29) is 13.2 Å². The van der Waals surface area contributed by atoms with Crippen LogP contribution in [0.25, 0.3) is 0 Å². The average molecular weight is 272 g/mol. The van der Waals surface area contributed by atoms with E-state index in [4.69, 9.17) is 4.74 Å². The molecule has 19 heavy (non-hydrogen) atoms. The van der Waals surface area contributed by atoms with Gasteiger partial charge in [0.05, 0.1) is 6.61 Å². The van der Waals surface area contributed by atoms with Crippen molar-refractivity contribution in [3.05, 3.63) is 0 Å². The van der Waals surface area contributed by atoms with Crippen molar-refractivity contribution in [1.29, 1.82) is 0 Å². The van der Waals surface area contributed by atoms with Crippen molar-refractivity contribution in [2.45, 2.75) is 38.6 Å². The molecule has 0 aromatic heterocycles. The number of hydrogen-bond acceptors (Lipinski definition) is 4. The number of carboxylic acids is 1. The van der Waals surface area contributed by atoms with E-state index in [1.165, 1.54) is 4.90 Å². The second kappa shape index (κ2) is 6.40. The Labute approximate surface area is 111 Å². The van der Waals surface area contributed by atoms with Crippen LogP contribution in [0.3, 0.4) is 0 Å². The Hall–Kier alpha value is -1.79. The molecule has 2 N–H and O–H groups in total. The number of likely N-dealkylation sites (tertiary alicyclic amines) is 1. The minimum absolute atomic E-state index is 0.243. The van der Waals surface area contributed by atoms with Crippen molar-refractivity contribution in [2.75, 3.05) is 19.7 Å². The summed E-state index contributed by atoms with van der Waals surface area (Å²) in [6.07, 6.45) is 1.42. The minimum Gasteiger partial charge on any atom is -0.479 e. The monoisotopic (exact) mass is 272 g/mol. The van der Waals surface area contributed by atoms with Gasteiger partial charge in [-0.05, 0) is 26.2 Å². The quantitative estimate of drug-likeness (QED) is 0.714. The maximum atomic E-state index is 12.0. The van der Waals surface area contributed by atoms with Gasteiger partial charge >= 0.3 is 18.0 Å². The van der Waals surface area contributed by atoms with Gasteiger partial charge < -0.3 is 20.1 Å². The summed E-state index contributed by atoms with van der Waals surface area (Å²) in [5.41, 5.74) is -1.15. The van der Waals surface area contributed by atoms with E-state index in [9.17, 15) is 19.5 Å². The lowest BCUT2D eigenvalue weighted by molar-refractivity contribution is -0.148. The summed E-state index contributed by atoms with van der Waals surface area (Å²) in [5, 5.41) is 11.7. The summed E-state index contributed by atoms with van der Waals surface area (Å²) in [4.78, 5) is 35.8. The van der Waals surface area contributed by atoms with Gasteiger partial charge in [-0.3, -0.25) is 4.79 Å². The van der Waals surface area contributed by atoms with Gasteiger partial charge in [-0.25, -0.2) is 9.59 Å².